The second kappa shape index (κ2) is 8.96. The quantitative estimate of drug-likeness (QED) is 0.667. The Hall–Kier alpha value is -2.62. The summed E-state index contributed by atoms with van der Waals surface area (Å²) in [5.41, 5.74) is 2.40. The Kier molecular flexibility index (Phi) is 6.03. The minimum absolute atomic E-state index is 0.0735. The monoisotopic (exact) mass is 471 g/mol. The average Bonchev–Trinajstić information content (AvgIpc) is 3.51. The summed E-state index contributed by atoms with van der Waals surface area (Å²) < 4.78 is 39.0. The predicted octanol–water partition coefficient (Wildman–Crippen LogP) is 2.47. The van der Waals surface area contributed by atoms with Gasteiger partial charge in [0.2, 0.25) is 16.8 Å². The lowest BCUT2D eigenvalue weighted by Gasteiger charge is -2.34. The van der Waals surface area contributed by atoms with E-state index in [0.29, 0.717) is 31.7 Å². The summed E-state index contributed by atoms with van der Waals surface area (Å²) in [4.78, 5) is 17.1. The number of nitrogens with zero attached hydrogens (tertiary/aromatic N) is 3. The Morgan fingerprint density at radius 1 is 0.909 bits per heavy atom. The van der Waals surface area contributed by atoms with Crippen LogP contribution in [0.15, 0.2) is 41.3 Å². The maximum absolute atomic E-state index is 13.3. The fourth-order valence-corrected chi connectivity index (χ4v) is 6.11. The molecule has 0 unspecified atom stereocenters. The number of carbonyl (C=O) groups is 1. The van der Waals surface area contributed by atoms with E-state index < -0.39 is 10.0 Å². The molecule has 0 atom stereocenters. The minimum Gasteiger partial charge on any atom is -0.454 e. The molecule has 0 N–H and O–H groups in total. The highest BCUT2D eigenvalue weighted by atomic mass is 32.2. The third-order valence-electron chi connectivity index (χ3n) is 6.64. The van der Waals surface area contributed by atoms with E-state index in [4.69, 9.17) is 9.47 Å². The van der Waals surface area contributed by atoms with Crippen molar-refractivity contribution in [3.05, 3.63) is 53.1 Å². The van der Waals surface area contributed by atoms with Crippen LogP contribution in [0.2, 0.25) is 0 Å². The van der Waals surface area contributed by atoms with Crippen LogP contribution in [0.4, 0.5) is 0 Å². The lowest BCUT2D eigenvalue weighted by molar-refractivity contribution is 0.0792. The summed E-state index contributed by atoms with van der Waals surface area (Å²) in [5.74, 6) is 1.44. The Labute approximate surface area is 194 Å². The number of amides is 1. The summed E-state index contributed by atoms with van der Waals surface area (Å²) in [6, 6.07) is 10.8. The molecule has 1 amide bonds. The zero-order chi connectivity index (χ0) is 23.0. The first-order valence-corrected chi connectivity index (χ1v) is 12.9. The van der Waals surface area contributed by atoms with Gasteiger partial charge in [-0.2, -0.15) is 4.31 Å². The van der Waals surface area contributed by atoms with Crippen molar-refractivity contribution < 1.29 is 22.7 Å². The van der Waals surface area contributed by atoms with Gasteiger partial charge in [0.05, 0.1) is 4.90 Å². The molecule has 3 aliphatic rings. The summed E-state index contributed by atoms with van der Waals surface area (Å²) in [7, 11) is -3.66. The van der Waals surface area contributed by atoms with Gasteiger partial charge >= 0.3 is 0 Å². The van der Waals surface area contributed by atoms with Crippen molar-refractivity contribution in [3.8, 4) is 11.5 Å². The van der Waals surface area contributed by atoms with Crippen LogP contribution in [0.1, 0.15) is 34.3 Å². The molecule has 0 bridgehead atoms. The molecular formula is C24H29N3O5S. The molecule has 2 aromatic carbocycles. The molecule has 5 rings (SSSR count). The molecule has 9 heteroatoms. The van der Waals surface area contributed by atoms with Crippen molar-refractivity contribution in [2.75, 3.05) is 46.1 Å². The Morgan fingerprint density at radius 2 is 1.64 bits per heavy atom. The molecule has 0 aromatic heterocycles. The van der Waals surface area contributed by atoms with Gasteiger partial charge in [-0.15, -0.1) is 0 Å². The lowest BCUT2D eigenvalue weighted by atomic mass is 10.1. The van der Waals surface area contributed by atoms with Crippen molar-refractivity contribution in [1.82, 2.24) is 14.1 Å². The number of aryl methyl sites for hydroxylation is 1. The van der Waals surface area contributed by atoms with Crippen LogP contribution >= 0.6 is 0 Å². The summed E-state index contributed by atoms with van der Waals surface area (Å²) in [6.45, 7) is 6.41. The van der Waals surface area contributed by atoms with E-state index in [2.05, 4.69) is 4.90 Å². The number of likely N-dealkylation sites (tertiary alicyclic amines) is 1. The number of benzene rings is 2. The summed E-state index contributed by atoms with van der Waals surface area (Å²) in [5, 5.41) is 0. The fraction of sp³-hybridized carbons (Fsp3) is 0.458. The third kappa shape index (κ3) is 4.45. The smallest absolute Gasteiger partial charge is 0.254 e. The van der Waals surface area contributed by atoms with Gasteiger partial charge in [0.15, 0.2) is 11.5 Å². The Morgan fingerprint density at radius 3 is 2.39 bits per heavy atom. The van der Waals surface area contributed by atoms with Crippen LogP contribution in [0.3, 0.4) is 0 Å². The summed E-state index contributed by atoms with van der Waals surface area (Å²) in [6.07, 6.45) is 2.00. The maximum atomic E-state index is 13.3. The van der Waals surface area contributed by atoms with Crippen molar-refractivity contribution in [3.63, 3.8) is 0 Å². The van der Waals surface area contributed by atoms with Crippen LogP contribution in [0.25, 0.3) is 0 Å². The number of fused-ring (bicyclic) bond motifs is 1. The average molecular weight is 472 g/mol. The van der Waals surface area contributed by atoms with E-state index >= 15 is 0 Å². The standard InChI is InChI=1S/C24H29N3O5S/c1-18-4-6-20(15-21(18)24(28)26-8-2-3-9-26)33(29,30)27-12-10-25(11-13-27)16-19-5-7-22-23(14-19)32-17-31-22/h4-7,14-15H,2-3,8-13,16-17H2,1H3. The van der Waals surface area contributed by atoms with Gasteiger partial charge in [-0.25, -0.2) is 8.42 Å². The number of sulfonamides is 1. The highest BCUT2D eigenvalue weighted by molar-refractivity contribution is 7.89. The normalized spacial score (nSPS) is 19.2. The maximum Gasteiger partial charge on any atom is 0.254 e. The van der Waals surface area contributed by atoms with Gasteiger partial charge in [-0.05, 0) is 55.2 Å². The van der Waals surface area contributed by atoms with E-state index in [1.165, 1.54) is 4.31 Å². The van der Waals surface area contributed by atoms with Crippen molar-refractivity contribution in [1.29, 1.82) is 0 Å². The van der Waals surface area contributed by atoms with Crippen LogP contribution in [-0.4, -0.2) is 74.5 Å². The van der Waals surface area contributed by atoms with E-state index in [9.17, 15) is 13.2 Å². The molecule has 0 saturated carbocycles. The zero-order valence-corrected chi connectivity index (χ0v) is 19.6. The molecule has 8 nitrogen and oxygen atoms in total. The minimum atomic E-state index is -3.66. The highest BCUT2D eigenvalue weighted by Crippen LogP contribution is 2.33. The van der Waals surface area contributed by atoms with E-state index in [1.807, 2.05) is 30.0 Å². The highest BCUT2D eigenvalue weighted by Gasteiger charge is 2.30. The third-order valence-corrected chi connectivity index (χ3v) is 8.54. The van der Waals surface area contributed by atoms with Gasteiger partial charge in [-0.1, -0.05) is 12.1 Å². The molecule has 33 heavy (non-hydrogen) atoms. The first-order chi connectivity index (χ1) is 15.9. The largest absolute Gasteiger partial charge is 0.454 e. The molecule has 176 valence electrons. The zero-order valence-electron chi connectivity index (χ0n) is 18.8. The Bertz CT molecular complexity index is 1150. The molecule has 0 aliphatic carbocycles. The van der Waals surface area contributed by atoms with Crippen LogP contribution in [0, 0.1) is 6.92 Å². The molecule has 0 spiro atoms. The van der Waals surface area contributed by atoms with Gasteiger partial charge in [0.25, 0.3) is 5.91 Å². The number of carbonyl (C=O) groups excluding carboxylic acids is 1. The summed E-state index contributed by atoms with van der Waals surface area (Å²) >= 11 is 0. The molecular weight excluding hydrogens is 442 g/mol. The van der Waals surface area contributed by atoms with E-state index in [-0.39, 0.29) is 17.6 Å². The van der Waals surface area contributed by atoms with Crippen LogP contribution in [-0.2, 0) is 16.6 Å². The second-order valence-corrected chi connectivity index (χ2v) is 10.8. The number of hydrogen-bond donors (Lipinski definition) is 0. The molecule has 3 aliphatic heterocycles. The fourth-order valence-electron chi connectivity index (χ4n) is 4.66. The number of rotatable bonds is 5. The SMILES string of the molecule is Cc1ccc(S(=O)(=O)N2CCN(Cc3ccc4c(c3)OCO4)CC2)cc1C(=O)N1CCCC1. The number of ether oxygens (including phenoxy) is 2. The van der Waals surface area contributed by atoms with Gasteiger partial charge in [0, 0.05) is 51.4 Å². The predicted molar refractivity (Wildman–Crippen MR) is 123 cm³/mol. The van der Waals surface area contributed by atoms with Gasteiger partial charge < -0.3 is 14.4 Å². The first-order valence-electron chi connectivity index (χ1n) is 11.4. The topological polar surface area (TPSA) is 79.4 Å². The van der Waals surface area contributed by atoms with E-state index in [1.54, 1.807) is 18.2 Å². The second-order valence-electron chi connectivity index (χ2n) is 8.84. The van der Waals surface area contributed by atoms with Gasteiger partial charge in [0.1, 0.15) is 0 Å². The van der Waals surface area contributed by atoms with E-state index in [0.717, 1.165) is 55.1 Å². The van der Waals surface area contributed by atoms with Crippen molar-refractivity contribution in [2.45, 2.75) is 31.2 Å². The molecule has 3 heterocycles. The van der Waals surface area contributed by atoms with Gasteiger partial charge in [-0.3, -0.25) is 9.69 Å². The lowest BCUT2D eigenvalue weighted by Crippen LogP contribution is -2.48. The van der Waals surface area contributed by atoms with Crippen molar-refractivity contribution >= 4 is 15.9 Å². The molecule has 2 saturated heterocycles. The number of piperazine rings is 1. The van der Waals surface area contributed by atoms with Crippen molar-refractivity contribution in [2.24, 2.45) is 0 Å². The Balaban J connectivity index is 1.25. The molecule has 0 radical (unpaired) electrons. The van der Waals surface area contributed by atoms with Crippen LogP contribution < -0.4 is 9.47 Å². The molecule has 2 fully saturated rings. The van der Waals surface area contributed by atoms with Crippen LogP contribution in [0.5, 0.6) is 11.5 Å². The molecule has 2 aromatic rings. The first kappa shape index (κ1) is 22.2. The number of hydrogen-bond acceptors (Lipinski definition) is 6.